The van der Waals surface area contributed by atoms with Gasteiger partial charge in [0, 0.05) is 0 Å². The van der Waals surface area contributed by atoms with Gasteiger partial charge in [-0.05, 0) is 6.92 Å². The zero-order chi connectivity index (χ0) is 8.20. The maximum Gasteiger partial charge on any atom is 0.268 e. The Balaban J connectivity index is 4.05. The number of aliphatic hydroxyl groups excluding tert-OH is 1. The smallest absolute Gasteiger partial charge is 0.268 e. The van der Waals surface area contributed by atoms with Crippen molar-refractivity contribution in [3.63, 3.8) is 0 Å². The van der Waals surface area contributed by atoms with Gasteiger partial charge < -0.3 is 5.11 Å². The van der Waals surface area contributed by atoms with E-state index >= 15 is 0 Å². The standard InChI is InChI=1S/C5H10O4S/c1-5(2-3-6)4-10(7,8)9/h2,6H,3-4H2,1H3,(H,7,8,9)/b5-2-. The van der Waals surface area contributed by atoms with Gasteiger partial charge in [0.2, 0.25) is 0 Å². The molecule has 0 aliphatic rings. The lowest BCUT2D eigenvalue weighted by molar-refractivity contribution is 0.342. The molecule has 0 aliphatic heterocycles. The molecule has 0 radical (unpaired) electrons. The summed E-state index contributed by atoms with van der Waals surface area (Å²) in [6, 6.07) is 0. The first-order valence-corrected chi connectivity index (χ1v) is 4.28. The van der Waals surface area contributed by atoms with Gasteiger partial charge >= 0.3 is 0 Å². The van der Waals surface area contributed by atoms with Crippen LogP contribution in [0.3, 0.4) is 0 Å². The molecular formula is C5H10O4S. The van der Waals surface area contributed by atoms with Crippen LogP contribution in [0.15, 0.2) is 11.6 Å². The first-order chi connectivity index (χ1) is 4.45. The normalized spacial score (nSPS) is 13.7. The summed E-state index contributed by atoms with van der Waals surface area (Å²) >= 11 is 0. The van der Waals surface area contributed by atoms with Crippen LogP contribution in [0.25, 0.3) is 0 Å². The molecule has 0 fully saturated rings. The Morgan fingerprint density at radius 1 is 1.60 bits per heavy atom. The number of rotatable bonds is 3. The van der Waals surface area contributed by atoms with Gasteiger partial charge in [0.15, 0.2) is 0 Å². The molecule has 2 N–H and O–H groups in total. The fourth-order valence-corrected chi connectivity index (χ4v) is 1.20. The van der Waals surface area contributed by atoms with Gasteiger partial charge in [-0.25, -0.2) is 0 Å². The maximum absolute atomic E-state index is 10.1. The van der Waals surface area contributed by atoms with Crippen molar-refractivity contribution in [3.05, 3.63) is 11.6 Å². The molecule has 0 heterocycles. The molecule has 60 valence electrons. The van der Waals surface area contributed by atoms with Crippen LogP contribution in [0.2, 0.25) is 0 Å². The number of aliphatic hydroxyl groups is 1. The summed E-state index contributed by atoms with van der Waals surface area (Å²) in [4.78, 5) is 0. The molecule has 0 rings (SSSR count). The average molecular weight is 166 g/mol. The second-order valence-electron chi connectivity index (χ2n) is 1.96. The largest absolute Gasteiger partial charge is 0.392 e. The average Bonchev–Trinajstić information content (AvgIpc) is 1.59. The Morgan fingerprint density at radius 2 is 2.10 bits per heavy atom. The van der Waals surface area contributed by atoms with Crippen molar-refractivity contribution in [2.24, 2.45) is 0 Å². The summed E-state index contributed by atoms with van der Waals surface area (Å²) in [6.45, 7) is 1.31. The molecule has 0 aromatic rings. The van der Waals surface area contributed by atoms with E-state index in [0.717, 1.165) is 0 Å². The molecule has 0 spiro atoms. The van der Waals surface area contributed by atoms with Gasteiger partial charge in [-0.1, -0.05) is 11.6 Å². The van der Waals surface area contributed by atoms with Crippen LogP contribution >= 0.6 is 0 Å². The van der Waals surface area contributed by atoms with Crippen molar-refractivity contribution in [1.82, 2.24) is 0 Å². The van der Waals surface area contributed by atoms with E-state index in [9.17, 15) is 8.42 Å². The summed E-state index contributed by atoms with van der Waals surface area (Å²) < 4.78 is 28.6. The molecule has 0 saturated heterocycles. The van der Waals surface area contributed by atoms with E-state index in [2.05, 4.69) is 0 Å². The highest BCUT2D eigenvalue weighted by atomic mass is 32.2. The van der Waals surface area contributed by atoms with Gasteiger partial charge in [0.1, 0.15) is 0 Å². The van der Waals surface area contributed by atoms with Crippen molar-refractivity contribution in [2.75, 3.05) is 12.4 Å². The molecule has 0 aromatic carbocycles. The first kappa shape index (κ1) is 9.61. The summed E-state index contributed by atoms with van der Waals surface area (Å²) in [6.07, 6.45) is 1.33. The predicted octanol–water partition coefficient (Wildman–Crippen LogP) is -0.187. The Labute approximate surface area is 59.9 Å². The SMILES string of the molecule is C/C(=C/CO)CS(=O)(=O)O. The fourth-order valence-electron chi connectivity index (χ4n) is 0.502. The summed E-state index contributed by atoms with van der Waals surface area (Å²) in [5.74, 6) is -0.409. The molecular weight excluding hydrogens is 156 g/mol. The van der Waals surface area contributed by atoms with Crippen molar-refractivity contribution in [2.45, 2.75) is 6.92 Å². The Kier molecular flexibility index (Phi) is 3.55. The third kappa shape index (κ3) is 5.74. The van der Waals surface area contributed by atoms with Crippen molar-refractivity contribution in [3.8, 4) is 0 Å². The van der Waals surface area contributed by atoms with Crippen LogP contribution in [-0.2, 0) is 10.1 Å². The second kappa shape index (κ2) is 3.70. The van der Waals surface area contributed by atoms with E-state index < -0.39 is 15.9 Å². The van der Waals surface area contributed by atoms with E-state index in [1.807, 2.05) is 0 Å². The number of hydrogen-bond donors (Lipinski definition) is 2. The summed E-state index contributed by atoms with van der Waals surface area (Å²) in [5.41, 5.74) is 0.435. The summed E-state index contributed by atoms with van der Waals surface area (Å²) in [7, 11) is -3.92. The van der Waals surface area contributed by atoms with E-state index in [1.54, 1.807) is 0 Å². The van der Waals surface area contributed by atoms with E-state index in [1.165, 1.54) is 13.0 Å². The van der Waals surface area contributed by atoms with Crippen molar-refractivity contribution < 1.29 is 18.1 Å². The monoisotopic (exact) mass is 166 g/mol. The van der Waals surface area contributed by atoms with Crippen LogP contribution in [0.1, 0.15) is 6.92 Å². The Hall–Kier alpha value is -0.390. The third-order valence-corrected chi connectivity index (χ3v) is 1.67. The second-order valence-corrected chi connectivity index (χ2v) is 3.41. The minimum absolute atomic E-state index is 0.207. The van der Waals surface area contributed by atoms with E-state index in [4.69, 9.17) is 9.66 Å². The Bertz CT molecular complexity index is 214. The molecule has 0 aromatic heterocycles. The molecule has 10 heavy (non-hydrogen) atoms. The van der Waals surface area contributed by atoms with Crippen LogP contribution in [-0.4, -0.2) is 30.4 Å². The van der Waals surface area contributed by atoms with E-state index in [-0.39, 0.29) is 6.61 Å². The first-order valence-electron chi connectivity index (χ1n) is 2.67. The Morgan fingerprint density at radius 3 is 2.40 bits per heavy atom. The molecule has 0 unspecified atom stereocenters. The molecule has 0 atom stereocenters. The highest BCUT2D eigenvalue weighted by molar-refractivity contribution is 7.85. The fraction of sp³-hybridized carbons (Fsp3) is 0.600. The maximum atomic E-state index is 10.1. The molecule has 0 saturated carbocycles. The molecule has 4 nitrogen and oxygen atoms in total. The van der Waals surface area contributed by atoms with Crippen LogP contribution in [0.4, 0.5) is 0 Å². The zero-order valence-electron chi connectivity index (χ0n) is 5.61. The third-order valence-electron chi connectivity index (χ3n) is 0.850. The minimum Gasteiger partial charge on any atom is -0.392 e. The van der Waals surface area contributed by atoms with Crippen LogP contribution in [0.5, 0.6) is 0 Å². The lowest BCUT2D eigenvalue weighted by Gasteiger charge is -1.94. The zero-order valence-corrected chi connectivity index (χ0v) is 6.43. The van der Waals surface area contributed by atoms with Crippen molar-refractivity contribution in [1.29, 1.82) is 0 Å². The van der Waals surface area contributed by atoms with Gasteiger partial charge in [-0.3, -0.25) is 4.55 Å². The van der Waals surface area contributed by atoms with Crippen LogP contribution < -0.4 is 0 Å². The van der Waals surface area contributed by atoms with Gasteiger partial charge in [-0.2, -0.15) is 8.42 Å². The topological polar surface area (TPSA) is 74.6 Å². The molecule has 0 bridgehead atoms. The molecule has 0 amide bonds. The highest BCUT2D eigenvalue weighted by Gasteiger charge is 2.03. The summed E-state index contributed by atoms with van der Waals surface area (Å²) in [5, 5.41) is 8.28. The molecule has 5 heteroatoms. The van der Waals surface area contributed by atoms with Gasteiger partial charge in [0.05, 0.1) is 12.4 Å². The van der Waals surface area contributed by atoms with E-state index in [0.29, 0.717) is 5.57 Å². The minimum atomic E-state index is -3.92. The van der Waals surface area contributed by atoms with Gasteiger partial charge in [0.25, 0.3) is 10.1 Å². The predicted molar refractivity (Wildman–Crippen MR) is 37.3 cm³/mol. The van der Waals surface area contributed by atoms with Crippen molar-refractivity contribution >= 4 is 10.1 Å². The van der Waals surface area contributed by atoms with Crippen LogP contribution in [0, 0.1) is 0 Å². The number of hydrogen-bond acceptors (Lipinski definition) is 3. The lowest BCUT2D eigenvalue weighted by Crippen LogP contribution is -2.04. The lowest BCUT2D eigenvalue weighted by atomic mass is 10.3. The van der Waals surface area contributed by atoms with Gasteiger partial charge in [-0.15, -0.1) is 0 Å². The quantitative estimate of drug-likeness (QED) is 0.450. The highest BCUT2D eigenvalue weighted by Crippen LogP contribution is 1.95. The molecule has 0 aliphatic carbocycles.